The van der Waals surface area contributed by atoms with Crippen molar-refractivity contribution in [3.63, 3.8) is 0 Å². The Morgan fingerprint density at radius 1 is 1.32 bits per heavy atom. The smallest absolute Gasteiger partial charge is 0.314 e. The largest absolute Gasteiger partial charge is 0.492 e. The zero-order valence-corrected chi connectivity index (χ0v) is 10.7. The number of rotatable bonds is 5. The SMILES string of the molecule is O=C(O)C(COc1ccc(Cl)cc1)c1cccnc1. The van der Waals surface area contributed by atoms with Gasteiger partial charge in [-0.25, -0.2) is 0 Å². The number of carbonyl (C=O) groups is 1. The molecule has 19 heavy (non-hydrogen) atoms. The molecule has 0 radical (unpaired) electrons. The number of benzene rings is 1. The van der Waals surface area contributed by atoms with Gasteiger partial charge in [0.25, 0.3) is 0 Å². The number of halogens is 1. The highest BCUT2D eigenvalue weighted by Gasteiger charge is 2.20. The molecule has 2 rings (SSSR count). The van der Waals surface area contributed by atoms with E-state index in [-0.39, 0.29) is 6.61 Å². The lowest BCUT2D eigenvalue weighted by Crippen LogP contribution is -2.19. The topological polar surface area (TPSA) is 59.4 Å². The summed E-state index contributed by atoms with van der Waals surface area (Å²) in [6.45, 7) is 0.0443. The van der Waals surface area contributed by atoms with Gasteiger partial charge in [0.1, 0.15) is 18.3 Å². The molecule has 98 valence electrons. The first kappa shape index (κ1) is 13.4. The van der Waals surface area contributed by atoms with E-state index in [1.165, 1.54) is 6.20 Å². The fourth-order valence-electron chi connectivity index (χ4n) is 1.60. The Bertz CT molecular complexity index is 542. The monoisotopic (exact) mass is 277 g/mol. The summed E-state index contributed by atoms with van der Waals surface area (Å²) in [5.41, 5.74) is 0.615. The van der Waals surface area contributed by atoms with Crippen molar-refractivity contribution in [1.29, 1.82) is 0 Å². The number of carboxylic acids is 1. The maximum absolute atomic E-state index is 11.2. The second kappa shape index (κ2) is 6.20. The highest BCUT2D eigenvalue weighted by Crippen LogP contribution is 2.20. The van der Waals surface area contributed by atoms with Gasteiger partial charge in [0.2, 0.25) is 0 Å². The van der Waals surface area contributed by atoms with Crippen molar-refractivity contribution in [3.05, 3.63) is 59.4 Å². The third-order valence-corrected chi connectivity index (χ3v) is 2.87. The van der Waals surface area contributed by atoms with Crippen molar-refractivity contribution < 1.29 is 14.6 Å². The van der Waals surface area contributed by atoms with Gasteiger partial charge in [0, 0.05) is 17.4 Å². The van der Waals surface area contributed by atoms with E-state index < -0.39 is 11.9 Å². The first-order valence-electron chi connectivity index (χ1n) is 5.68. The molecule has 0 aliphatic rings. The summed E-state index contributed by atoms with van der Waals surface area (Å²) in [7, 11) is 0. The standard InChI is InChI=1S/C14H12ClNO3/c15-11-3-5-12(6-4-11)19-9-13(14(17)18)10-2-1-7-16-8-10/h1-8,13H,9H2,(H,17,18). The average molecular weight is 278 g/mol. The Kier molecular flexibility index (Phi) is 4.36. The number of ether oxygens (including phenoxy) is 1. The van der Waals surface area contributed by atoms with Crippen LogP contribution in [0.4, 0.5) is 0 Å². The first-order chi connectivity index (χ1) is 9.16. The van der Waals surface area contributed by atoms with Crippen LogP contribution in [-0.4, -0.2) is 22.7 Å². The molecule has 0 aliphatic carbocycles. The van der Waals surface area contributed by atoms with Gasteiger partial charge in [0.05, 0.1) is 0 Å². The summed E-state index contributed by atoms with van der Waals surface area (Å²) in [4.78, 5) is 15.2. The third-order valence-electron chi connectivity index (χ3n) is 2.62. The molecule has 1 heterocycles. The molecule has 0 fully saturated rings. The lowest BCUT2D eigenvalue weighted by molar-refractivity contribution is -0.139. The van der Waals surface area contributed by atoms with Crippen LogP contribution in [0, 0.1) is 0 Å². The van der Waals surface area contributed by atoms with E-state index in [9.17, 15) is 9.90 Å². The van der Waals surface area contributed by atoms with Crippen molar-refractivity contribution in [3.8, 4) is 5.75 Å². The van der Waals surface area contributed by atoms with Crippen LogP contribution in [0.3, 0.4) is 0 Å². The lowest BCUT2D eigenvalue weighted by Gasteiger charge is -2.13. The highest BCUT2D eigenvalue weighted by atomic mass is 35.5. The zero-order chi connectivity index (χ0) is 13.7. The Morgan fingerprint density at radius 2 is 2.05 bits per heavy atom. The minimum absolute atomic E-state index is 0.0443. The summed E-state index contributed by atoms with van der Waals surface area (Å²) < 4.78 is 5.47. The molecule has 0 aliphatic heterocycles. The van der Waals surface area contributed by atoms with E-state index in [0.29, 0.717) is 16.3 Å². The number of hydrogen-bond acceptors (Lipinski definition) is 3. The summed E-state index contributed by atoms with van der Waals surface area (Å²) in [5, 5.41) is 9.83. The molecule has 0 amide bonds. The Morgan fingerprint density at radius 3 is 2.63 bits per heavy atom. The van der Waals surface area contributed by atoms with E-state index in [1.807, 2.05) is 0 Å². The van der Waals surface area contributed by atoms with Gasteiger partial charge in [-0.3, -0.25) is 9.78 Å². The number of aliphatic carboxylic acids is 1. The molecule has 5 heteroatoms. The van der Waals surface area contributed by atoms with Crippen LogP contribution >= 0.6 is 11.6 Å². The second-order valence-electron chi connectivity index (χ2n) is 3.94. The molecular formula is C14H12ClNO3. The molecule has 1 aromatic heterocycles. The maximum Gasteiger partial charge on any atom is 0.314 e. The van der Waals surface area contributed by atoms with Crippen LogP contribution in [0.15, 0.2) is 48.8 Å². The zero-order valence-electron chi connectivity index (χ0n) is 9.99. The fraction of sp³-hybridized carbons (Fsp3) is 0.143. The number of carboxylic acid groups (broad SMARTS) is 1. The van der Waals surface area contributed by atoms with E-state index in [1.54, 1.807) is 42.6 Å². The van der Waals surface area contributed by atoms with Crippen molar-refractivity contribution in [1.82, 2.24) is 4.98 Å². The molecule has 0 saturated carbocycles. The molecule has 4 nitrogen and oxygen atoms in total. The quantitative estimate of drug-likeness (QED) is 0.913. The molecule has 2 aromatic rings. The Hall–Kier alpha value is -2.07. The Balaban J connectivity index is 2.06. The van der Waals surface area contributed by atoms with Gasteiger partial charge in [-0.2, -0.15) is 0 Å². The maximum atomic E-state index is 11.2. The van der Waals surface area contributed by atoms with E-state index in [2.05, 4.69) is 4.98 Å². The fourth-order valence-corrected chi connectivity index (χ4v) is 1.73. The van der Waals surface area contributed by atoms with Crippen molar-refractivity contribution in [2.75, 3.05) is 6.61 Å². The molecule has 1 unspecified atom stereocenters. The number of pyridine rings is 1. The molecular weight excluding hydrogens is 266 g/mol. The first-order valence-corrected chi connectivity index (χ1v) is 6.05. The van der Waals surface area contributed by atoms with Gasteiger partial charge >= 0.3 is 5.97 Å². The minimum atomic E-state index is -0.943. The van der Waals surface area contributed by atoms with E-state index in [4.69, 9.17) is 16.3 Å². The third kappa shape index (κ3) is 3.69. The predicted molar refractivity (Wildman–Crippen MR) is 71.6 cm³/mol. The van der Waals surface area contributed by atoms with E-state index >= 15 is 0 Å². The molecule has 1 atom stereocenters. The van der Waals surface area contributed by atoms with Gasteiger partial charge in [0.15, 0.2) is 0 Å². The minimum Gasteiger partial charge on any atom is -0.492 e. The van der Waals surface area contributed by atoms with Crippen LogP contribution in [0.25, 0.3) is 0 Å². The van der Waals surface area contributed by atoms with Crippen LogP contribution in [0.2, 0.25) is 5.02 Å². The molecule has 0 bridgehead atoms. The summed E-state index contributed by atoms with van der Waals surface area (Å²) in [6.07, 6.45) is 3.13. The summed E-state index contributed by atoms with van der Waals surface area (Å²) >= 11 is 5.76. The van der Waals surface area contributed by atoms with Crippen molar-refractivity contribution in [2.45, 2.75) is 5.92 Å². The lowest BCUT2D eigenvalue weighted by atomic mass is 10.0. The van der Waals surface area contributed by atoms with Crippen molar-refractivity contribution >= 4 is 17.6 Å². The number of aromatic nitrogens is 1. The van der Waals surface area contributed by atoms with Gasteiger partial charge in [-0.1, -0.05) is 17.7 Å². The average Bonchev–Trinajstić information content (AvgIpc) is 2.42. The molecule has 1 aromatic carbocycles. The van der Waals surface area contributed by atoms with Gasteiger partial charge < -0.3 is 9.84 Å². The van der Waals surface area contributed by atoms with Crippen LogP contribution in [-0.2, 0) is 4.79 Å². The van der Waals surface area contributed by atoms with Crippen LogP contribution < -0.4 is 4.74 Å². The van der Waals surface area contributed by atoms with Gasteiger partial charge in [-0.15, -0.1) is 0 Å². The molecule has 0 spiro atoms. The molecule has 0 saturated heterocycles. The number of hydrogen-bond donors (Lipinski definition) is 1. The van der Waals surface area contributed by atoms with Crippen molar-refractivity contribution in [2.24, 2.45) is 0 Å². The van der Waals surface area contributed by atoms with Crippen LogP contribution in [0.1, 0.15) is 11.5 Å². The van der Waals surface area contributed by atoms with E-state index in [0.717, 1.165) is 0 Å². The second-order valence-corrected chi connectivity index (χ2v) is 4.38. The molecule has 1 N–H and O–H groups in total. The van der Waals surface area contributed by atoms with Gasteiger partial charge in [-0.05, 0) is 35.9 Å². The normalized spacial score (nSPS) is 11.8. The Labute approximate surface area is 115 Å². The van der Waals surface area contributed by atoms with Crippen LogP contribution in [0.5, 0.6) is 5.75 Å². The summed E-state index contributed by atoms with van der Waals surface area (Å²) in [6, 6.07) is 10.2. The highest BCUT2D eigenvalue weighted by molar-refractivity contribution is 6.30. The number of nitrogens with zero attached hydrogens (tertiary/aromatic N) is 1. The predicted octanol–water partition coefficient (Wildman–Crippen LogP) is 2.98. The summed E-state index contributed by atoms with van der Waals surface area (Å²) in [5.74, 6) is -1.11.